The first kappa shape index (κ1) is 6.02. The minimum Gasteiger partial charge on any atom is -0.281 e. The molecule has 6 heavy (non-hydrogen) atoms. The maximum atomic E-state index is 9.73. The molecule has 0 aliphatic heterocycles. The molecule has 0 aliphatic rings. The second kappa shape index (κ2) is 3.22. The summed E-state index contributed by atoms with van der Waals surface area (Å²) in [5.74, 6) is 0. The highest BCUT2D eigenvalue weighted by atomic mass is 35.5. The second-order valence-corrected chi connectivity index (χ2v) is 1.32. The summed E-state index contributed by atoms with van der Waals surface area (Å²) in [6.45, 7) is 0. The van der Waals surface area contributed by atoms with E-state index >= 15 is 0 Å². The highest BCUT2D eigenvalue weighted by Crippen LogP contribution is 1.89. The zero-order valence-corrected chi connectivity index (χ0v) is 4.03. The van der Waals surface area contributed by atoms with E-state index in [2.05, 4.69) is 0 Å². The van der Waals surface area contributed by atoms with Gasteiger partial charge in [-0.3, -0.25) is 4.79 Å². The Hall–Kier alpha value is 0.0249. The van der Waals surface area contributed by atoms with Gasteiger partial charge >= 0.3 is 0 Å². The van der Waals surface area contributed by atoms with Gasteiger partial charge in [-0.1, -0.05) is 6.32 Å². The molecule has 0 spiro atoms. The lowest BCUT2D eigenvalue weighted by atomic mass is 10.0. The molecule has 2 radical (unpaired) electrons. The van der Waals surface area contributed by atoms with E-state index in [1.165, 1.54) is 0 Å². The van der Waals surface area contributed by atoms with E-state index in [1.807, 2.05) is 0 Å². The highest BCUT2D eigenvalue weighted by Gasteiger charge is 1.87. The SMILES string of the molecule is [B]CCC(=O)Cl. The van der Waals surface area contributed by atoms with Crippen molar-refractivity contribution in [2.75, 3.05) is 0 Å². The van der Waals surface area contributed by atoms with Crippen LogP contribution in [0.25, 0.3) is 0 Å². The minimum atomic E-state index is -0.363. The summed E-state index contributed by atoms with van der Waals surface area (Å²) in [5.41, 5.74) is 0. The van der Waals surface area contributed by atoms with Gasteiger partial charge in [0.25, 0.3) is 0 Å². The molecule has 32 valence electrons. The van der Waals surface area contributed by atoms with Gasteiger partial charge in [-0.15, -0.1) is 0 Å². The van der Waals surface area contributed by atoms with E-state index in [-0.39, 0.29) is 11.7 Å². The summed E-state index contributed by atoms with van der Waals surface area (Å²) >= 11 is 4.86. The Balaban J connectivity index is 2.83. The number of hydrogen-bond acceptors (Lipinski definition) is 1. The molecule has 0 unspecified atom stereocenters. The predicted octanol–water partition coefficient (Wildman–Crippen LogP) is 0.729. The molecule has 0 fully saturated rings. The van der Waals surface area contributed by atoms with Gasteiger partial charge in [-0.05, 0) is 11.6 Å². The quantitative estimate of drug-likeness (QED) is 0.371. The molecular formula is C3H4BClO. The van der Waals surface area contributed by atoms with Crippen LogP contribution in [0.15, 0.2) is 0 Å². The van der Waals surface area contributed by atoms with E-state index in [0.29, 0.717) is 6.32 Å². The van der Waals surface area contributed by atoms with Gasteiger partial charge in [-0.2, -0.15) is 0 Å². The van der Waals surface area contributed by atoms with Gasteiger partial charge in [0.15, 0.2) is 0 Å². The first-order valence-corrected chi connectivity index (χ1v) is 2.03. The third-order valence-electron chi connectivity index (χ3n) is 0.341. The van der Waals surface area contributed by atoms with Crippen LogP contribution in [0.1, 0.15) is 6.42 Å². The average Bonchev–Trinajstić information content (AvgIpc) is 1.35. The maximum Gasteiger partial charge on any atom is 0.220 e. The van der Waals surface area contributed by atoms with Crippen LogP contribution in [-0.2, 0) is 4.79 Å². The zero-order valence-electron chi connectivity index (χ0n) is 3.28. The van der Waals surface area contributed by atoms with Crippen molar-refractivity contribution >= 4 is 24.7 Å². The lowest BCUT2D eigenvalue weighted by Gasteiger charge is -1.77. The molecule has 0 rings (SSSR count). The summed E-state index contributed by atoms with van der Waals surface area (Å²) in [4.78, 5) is 9.73. The Bertz CT molecular complexity index is 54.8. The molecule has 0 aromatic heterocycles. The molecule has 0 bridgehead atoms. The van der Waals surface area contributed by atoms with Crippen molar-refractivity contribution in [2.45, 2.75) is 12.7 Å². The molecule has 0 heterocycles. The van der Waals surface area contributed by atoms with Crippen molar-refractivity contribution < 1.29 is 4.79 Å². The van der Waals surface area contributed by atoms with Gasteiger partial charge < -0.3 is 0 Å². The van der Waals surface area contributed by atoms with E-state index in [0.717, 1.165) is 0 Å². The second-order valence-electron chi connectivity index (χ2n) is 0.894. The van der Waals surface area contributed by atoms with Gasteiger partial charge in [0.05, 0.1) is 7.85 Å². The zero-order chi connectivity index (χ0) is 4.99. The molecule has 0 saturated heterocycles. The van der Waals surface area contributed by atoms with E-state index in [9.17, 15) is 4.79 Å². The van der Waals surface area contributed by atoms with Crippen LogP contribution in [0, 0.1) is 0 Å². The van der Waals surface area contributed by atoms with Crippen molar-refractivity contribution in [2.24, 2.45) is 0 Å². The number of hydrogen-bond donors (Lipinski definition) is 0. The average molecular weight is 102 g/mol. The largest absolute Gasteiger partial charge is 0.281 e. The van der Waals surface area contributed by atoms with E-state index in [4.69, 9.17) is 19.4 Å². The predicted molar refractivity (Wildman–Crippen MR) is 26.0 cm³/mol. The third-order valence-corrected chi connectivity index (χ3v) is 0.530. The fraction of sp³-hybridized carbons (Fsp3) is 0.667. The Morgan fingerprint density at radius 3 is 2.33 bits per heavy atom. The van der Waals surface area contributed by atoms with Gasteiger partial charge in [0, 0.05) is 6.42 Å². The minimum absolute atomic E-state index is 0.279. The van der Waals surface area contributed by atoms with Crippen molar-refractivity contribution in [1.82, 2.24) is 0 Å². The van der Waals surface area contributed by atoms with Crippen LogP contribution >= 0.6 is 11.6 Å². The van der Waals surface area contributed by atoms with Crippen molar-refractivity contribution in [3.8, 4) is 0 Å². The standard InChI is InChI=1S/C3H4BClO/c4-2-1-3(5)6/h1-2H2. The van der Waals surface area contributed by atoms with Gasteiger partial charge in [0.1, 0.15) is 0 Å². The van der Waals surface area contributed by atoms with Crippen LogP contribution in [0.5, 0.6) is 0 Å². The molecule has 0 aliphatic carbocycles. The molecule has 3 heteroatoms. The molecule has 0 aromatic carbocycles. The van der Waals surface area contributed by atoms with E-state index < -0.39 is 0 Å². The summed E-state index contributed by atoms with van der Waals surface area (Å²) in [7, 11) is 4.92. The molecule has 0 saturated carbocycles. The summed E-state index contributed by atoms with van der Waals surface area (Å²) in [6, 6.07) is 0. The van der Waals surface area contributed by atoms with Crippen LogP contribution in [-0.4, -0.2) is 13.1 Å². The van der Waals surface area contributed by atoms with E-state index in [1.54, 1.807) is 0 Å². The number of carbonyl (C=O) groups excluding carboxylic acids is 1. The fourth-order valence-electron chi connectivity index (χ4n) is 0.113. The fourth-order valence-corrected chi connectivity index (χ4v) is 0.223. The van der Waals surface area contributed by atoms with Crippen molar-refractivity contribution in [3.63, 3.8) is 0 Å². The summed E-state index contributed by atoms with van der Waals surface area (Å²) in [6.07, 6.45) is 0.629. The molecule has 0 atom stereocenters. The molecule has 0 aromatic rings. The summed E-state index contributed by atoms with van der Waals surface area (Å²) in [5, 5.41) is -0.363. The highest BCUT2D eigenvalue weighted by molar-refractivity contribution is 6.63. The van der Waals surface area contributed by atoms with Crippen molar-refractivity contribution in [3.05, 3.63) is 0 Å². The lowest BCUT2D eigenvalue weighted by Crippen LogP contribution is -1.81. The Labute approximate surface area is 43.1 Å². The number of carbonyl (C=O) groups is 1. The normalized spacial score (nSPS) is 8.17. The smallest absolute Gasteiger partial charge is 0.220 e. The van der Waals surface area contributed by atoms with Crippen LogP contribution < -0.4 is 0 Å². The maximum absolute atomic E-state index is 9.73. The van der Waals surface area contributed by atoms with Gasteiger partial charge in [-0.25, -0.2) is 0 Å². The topological polar surface area (TPSA) is 17.1 Å². The number of halogens is 1. The lowest BCUT2D eigenvalue weighted by molar-refractivity contribution is -0.111. The number of rotatable bonds is 2. The Kier molecular flexibility index (Phi) is 3.24. The molecule has 1 nitrogen and oxygen atoms in total. The Morgan fingerprint density at radius 1 is 1.83 bits per heavy atom. The monoisotopic (exact) mass is 102 g/mol. The summed E-state index contributed by atoms with van der Waals surface area (Å²) < 4.78 is 0. The first-order valence-electron chi connectivity index (χ1n) is 1.65. The molecule has 0 amide bonds. The molecular weight excluding hydrogens is 98.3 g/mol. The van der Waals surface area contributed by atoms with Crippen LogP contribution in [0.2, 0.25) is 6.32 Å². The van der Waals surface area contributed by atoms with Crippen molar-refractivity contribution in [1.29, 1.82) is 0 Å². The Morgan fingerprint density at radius 2 is 2.33 bits per heavy atom. The van der Waals surface area contributed by atoms with Crippen LogP contribution in [0.3, 0.4) is 0 Å². The first-order chi connectivity index (χ1) is 2.77. The molecule has 0 N–H and O–H groups in total. The third kappa shape index (κ3) is 4.02. The van der Waals surface area contributed by atoms with Gasteiger partial charge in [0.2, 0.25) is 5.24 Å². The van der Waals surface area contributed by atoms with Crippen LogP contribution in [0.4, 0.5) is 0 Å².